The van der Waals surface area contributed by atoms with Crippen LogP contribution in [0.5, 0.6) is 0 Å². The molecule has 2 fully saturated rings. The Bertz CT molecular complexity index is 352. The van der Waals surface area contributed by atoms with Gasteiger partial charge in [0, 0.05) is 11.3 Å². The van der Waals surface area contributed by atoms with Gasteiger partial charge in [0.25, 0.3) is 0 Å². The van der Waals surface area contributed by atoms with E-state index >= 15 is 0 Å². The minimum Gasteiger partial charge on any atom is -0.392 e. The molecule has 18 heavy (non-hydrogen) atoms. The summed E-state index contributed by atoms with van der Waals surface area (Å²) in [4.78, 5) is 11.6. The van der Waals surface area contributed by atoms with Crippen LogP contribution in [-0.2, 0) is 4.79 Å². The van der Waals surface area contributed by atoms with E-state index in [1.807, 2.05) is 0 Å². The van der Waals surface area contributed by atoms with Gasteiger partial charge >= 0.3 is 0 Å². The SMILES string of the molecule is CC(=O)[C@H]1C[C@@]2(O)[C@H](C)CC[C@@]2(C(C)C)C[C@@H]1O. The average molecular weight is 254 g/mol. The van der Waals surface area contributed by atoms with E-state index in [9.17, 15) is 15.0 Å². The Morgan fingerprint density at radius 2 is 1.94 bits per heavy atom. The number of fused-ring (bicyclic) bond motifs is 1. The molecule has 0 spiro atoms. The molecule has 0 aliphatic heterocycles. The maximum atomic E-state index is 11.6. The fraction of sp³-hybridized carbons (Fsp3) is 0.933. The highest BCUT2D eigenvalue weighted by atomic mass is 16.3. The van der Waals surface area contributed by atoms with Crippen LogP contribution in [0.25, 0.3) is 0 Å². The van der Waals surface area contributed by atoms with E-state index in [-0.39, 0.29) is 23.0 Å². The molecule has 0 radical (unpaired) electrons. The molecule has 0 saturated heterocycles. The van der Waals surface area contributed by atoms with Gasteiger partial charge in [-0.05, 0) is 44.4 Å². The summed E-state index contributed by atoms with van der Waals surface area (Å²) in [5.41, 5.74) is -0.992. The van der Waals surface area contributed by atoms with Crippen LogP contribution < -0.4 is 0 Å². The molecule has 2 rings (SSSR count). The third-order valence-electron chi connectivity index (χ3n) is 5.90. The summed E-state index contributed by atoms with van der Waals surface area (Å²) in [6.07, 6.45) is 2.37. The molecule has 104 valence electrons. The van der Waals surface area contributed by atoms with Crippen molar-refractivity contribution in [2.75, 3.05) is 0 Å². The molecule has 0 aromatic heterocycles. The second kappa shape index (κ2) is 4.31. The summed E-state index contributed by atoms with van der Waals surface area (Å²) < 4.78 is 0. The minimum absolute atomic E-state index is 0.00683. The fourth-order valence-corrected chi connectivity index (χ4v) is 4.53. The van der Waals surface area contributed by atoms with Gasteiger partial charge in [0.15, 0.2) is 0 Å². The number of hydrogen-bond donors (Lipinski definition) is 2. The van der Waals surface area contributed by atoms with Gasteiger partial charge < -0.3 is 10.2 Å². The maximum Gasteiger partial charge on any atom is 0.135 e. The molecule has 2 saturated carbocycles. The highest BCUT2D eigenvalue weighted by molar-refractivity contribution is 5.79. The number of hydrogen-bond acceptors (Lipinski definition) is 3. The molecule has 3 heteroatoms. The molecule has 0 bridgehead atoms. The summed E-state index contributed by atoms with van der Waals surface area (Å²) in [5, 5.41) is 21.4. The molecule has 0 amide bonds. The fourth-order valence-electron chi connectivity index (χ4n) is 4.53. The number of rotatable bonds is 2. The van der Waals surface area contributed by atoms with Crippen molar-refractivity contribution in [2.45, 2.75) is 65.1 Å². The number of carbonyl (C=O) groups excluding carboxylic acids is 1. The third kappa shape index (κ3) is 1.67. The molecule has 0 aromatic rings. The van der Waals surface area contributed by atoms with Crippen LogP contribution >= 0.6 is 0 Å². The molecule has 3 nitrogen and oxygen atoms in total. The summed E-state index contributed by atoms with van der Waals surface area (Å²) >= 11 is 0. The van der Waals surface area contributed by atoms with Crippen molar-refractivity contribution in [3.05, 3.63) is 0 Å². The van der Waals surface area contributed by atoms with Gasteiger partial charge in [-0.3, -0.25) is 4.79 Å². The molecular weight excluding hydrogens is 228 g/mol. The Balaban J connectivity index is 2.40. The topological polar surface area (TPSA) is 57.5 Å². The molecule has 0 heterocycles. The molecule has 2 N–H and O–H groups in total. The van der Waals surface area contributed by atoms with Crippen molar-refractivity contribution >= 4 is 5.78 Å². The lowest BCUT2D eigenvalue weighted by Gasteiger charge is -2.54. The molecular formula is C15H26O3. The number of aliphatic hydroxyl groups is 2. The van der Waals surface area contributed by atoms with Gasteiger partial charge in [0.05, 0.1) is 11.7 Å². The molecule has 2 aliphatic rings. The van der Waals surface area contributed by atoms with E-state index in [2.05, 4.69) is 20.8 Å². The van der Waals surface area contributed by atoms with E-state index in [1.54, 1.807) is 0 Å². The lowest BCUT2D eigenvalue weighted by Crippen LogP contribution is -2.59. The summed E-state index contributed by atoms with van der Waals surface area (Å²) in [5.74, 6) is 0.166. The van der Waals surface area contributed by atoms with E-state index in [0.29, 0.717) is 18.8 Å². The van der Waals surface area contributed by atoms with Crippen molar-refractivity contribution < 1.29 is 15.0 Å². The van der Waals surface area contributed by atoms with Crippen LogP contribution in [0.3, 0.4) is 0 Å². The summed E-state index contributed by atoms with van der Waals surface area (Å²) in [6, 6.07) is 0. The number of aliphatic hydroxyl groups excluding tert-OH is 1. The van der Waals surface area contributed by atoms with E-state index in [4.69, 9.17) is 0 Å². The smallest absolute Gasteiger partial charge is 0.135 e. The highest BCUT2D eigenvalue weighted by Gasteiger charge is 2.63. The Labute approximate surface area is 110 Å². The van der Waals surface area contributed by atoms with Gasteiger partial charge in [0.2, 0.25) is 0 Å². The Morgan fingerprint density at radius 1 is 1.33 bits per heavy atom. The second-order valence-corrected chi connectivity index (χ2v) is 6.87. The Morgan fingerprint density at radius 3 is 2.44 bits per heavy atom. The lowest BCUT2D eigenvalue weighted by molar-refractivity contribution is -0.183. The predicted octanol–water partition coefficient (Wildman–Crippen LogP) is 2.15. The van der Waals surface area contributed by atoms with E-state index < -0.39 is 11.7 Å². The molecule has 0 unspecified atom stereocenters. The maximum absolute atomic E-state index is 11.6. The standard InChI is InChI=1S/C15H26O3/c1-9(2)14-6-5-10(3)15(14,18)7-12(11(4)16)13(17)8-14/h9-10,12-13,17-18H,5-8H2,1-4H3/t10-,12-,13+,14+,15-/m1/s1. The van der Waals surface area contributed by atoms with Gasteiger partial charge in [-0.1, -0.05) is 20.8 Å². The number of carbonyl (C=O) groups is 1. The van der Waals surface area contributed by atoms with E-state index in [0.717, 1.165) is 12.8 Å². The van der Waals surface area contributed by atoms with Crippen LogP contribution in [0.2, 0.25) is 0 Å². The van der Waals surface area contributed by atoms with Crippen LogP contribution in [0.1, 0.15) is 53.4 Å². The summed E-state index contributed by atoms with van der Waals surface area (Å²) in [6.45, 7) is 7.87. The first kappa shape index (κ1) is 14.0. The monoisotopic (exact) mass is 254 g/mol. The second-order valence-electron chi connectivity index (χ2n) is 6.87. The Kier molecular flexibility index (Phi) is 3.35. The first-order chi connectivity index (χ1) is 8.24. The lowest BCUT2D eigenvalue weighted by atomic mass is 9.54. The van der Waals surface area contributed by atoms with Crippen molar-refractivity contribution in [1.29, 1.82) is 0 Å². The first-order valence-electron chi connectivity index (χ1n) is 7.15. The normalized spacial score (nSPS) is 48.3. The van der Waals surface area contributed by atoms with E-state index in [1.165, 1.54) is 6.92 Å². The number of ketones is 1. The zero-order valence-electron chi connectivity index (χ0n) is 11.9. The average Bonchev–Trinajstić information content (AvgIpc) is 2.52. The van der Waals surface area contributed by atoms with Crippen molar-refractivity contribution in [2.24, 2.45) is 23.2 Å². The van der Waals surface area contributed by atoms with Crippen LogP contribution in [0, 0.1) is 23.2 Å². The molecule has 5 atom stereocenters. The van der Waals surface area contributed by atoms with Gasteiger partial charge in [-0.25, -0.2) is 0 Å². The van der Waals surface area contributed by atoms with Crippen LogP contribution in [0.4, 0.5) is 0 Å². The Hall–Kier alpha value is -0.410. The van der Waals surface area contributed by atoms with Gasteiger partial charge in [-0.2, -0.15) is 0 Å². The minimum atomic E-state index is -0.781. The highest BCUT2D eigenvalue weighted by Crippen LogP contribution is 2.62. The van der Waals surface area contributed by atoms with Crippen LogP contribution in [-0.4, -0.2) is 27.7 Å². The zero-order valence-corrected chi connectivity index (χ0v) is 11.9. The van der Waals surface area contributed by atoms with Gasteiger partial charge in [-0.15, -0.1) is 0 Å². The number of Topliss-reactive ketones (excluding diaryl/α,β-unsaturated/α-hetero) is 1. The zero-order chi connectivity index (χ0) is 13.7. The van der Waals surface area contributed by atoms with Crippen molar-refractivity contribution in [3.63, 3.8) is 0 Å². The molecule has 0 aromatic carbocycles. The first-order valence-corrected chi connectivity index (χ1v) is 7.15. The molecule has 2 aliphatic carbocycles. The largest absolute Gasteiger partial charge is 0.392 e. The van der Waals surface area contributed by atoms with Crippen molar-refractivity contribution in [1.82, 2.24) is 0 Å². The quantitative estimate of drug-likeness (QED) is 0.794. The predicted molar refractivity (Wildman–Crippen MR) is 70.0 cm³/mol. The van der Waals surface area contributed by atoms with Crippen molar-refractivity contribution in [3.8, 4) is 0 Å². The third-order valence-corrected chi connectivity index (χ3v) is 5.90. The van der Waals surface area contributed by atoms with Crippen LogP contribution in [0.15, 0.2) is 0 Å². The summed E-state index contributed by atoms with van der Waals surface area (Å²) in [7, 11) is 0. The van der Waals surface area contributed by atoms with Gasteiger partial charge in [0.1, 0.15) is 5.78 Å².